The van der Waals surface area contributed by atoms with Gasteiger partial charge in [-0.25, -0.2) is 0 Å². The first-order valence-corrected chi connectivity index (χ1v) is 5.80. The Bertz CT molecular complexity index is 388. The molecule has 1 heterocycles. The van der Waals surface area contributed by atoms with Crippen molar-refractivity contribution in [3.8, 4) is 0 Å². The average molecular weight is 239 g/mol. The van der Waals surface area contributed by atoms with Gasteiger partial charge in [-0.1, -0.05) is 23.7 Å². The third-order valence-electron chi connectivity index (χ3n) is 3.01. The van der Waals surface area contributed by atoms with E-state index in [9.17, 15) is 4.79 Å². The van der Waals surface area contributed by atoms with Crippen LogP contribution < -0.4 is 5.32 Å². The SMILES string of the molecule is CN(C(=O)c1ccccc1Cl)[C@@H]1CCNC1. The summed E-state index contributed by atoms with van der Waals surface area (Å²) in [6.45, 7) is 1.84. The third-order valence-corrected chi connectivity index (χ3v) is 3.34. The number of carbonyl (C=O) groups excluding carboxylic acids is 1. The first-order chi connectivity index (χ1) is 7.70. The number of carbonyl (C=O) groups is 1. The van der Waals surface area contributed by atoms with E-state index in [0.29, 0.717) is 10.6 Å². The molecule has 1 aliphatic rings. The predicted molar refractivity (Wildman–Crippen MR) is 64.8 cm³/mol. The minimum Gasteiger partial charge on any atom is -0.337 e. The zero-order valence-corrected chi connectivity index (χ0v) is 10.00. The second kappa shape index (κ2) is 4.85. The zero-order chi connectivity index (χ0) is 11.5. The van der Waals surface area contributed by atoms with Crippen molar-refractivity contribution in [1.82, 2.24) is 10.2 Å². The van der Waals surface area contributed by atoms with Crippen LogP contribution in [0.2, 0.25) is 5.02 Å². The van der Waals surface area contributed by atoms with Crippen molar-refractivity contribution in [2.24, 2.45) is 0 Å². The number of halogens is 1. The summed E-state index contributed by atoms with van der Waals surface area (Å²) in [6, 6.07) is 7.46. The third kappa shape index (κ3) is 2.20. The Morgan fingerprint density at radius 2 is 2.25 bits per heavy atom. The van der Waals surface area contributed by atoms with Crippen molar-refractivity contribution in [1.29, 1.82) is 0 Å². The monoisotopic (exact) mass is 238 g/mol. The molecule has 1 saturated heterocycles. The van der Waals surface area contributed by atoms with E-state index in [1.165, 1.54) is 0 Å². The maximum atomic E-state index is 12.2. The fourth-order valence-corrected chi connectivity index (χ4v) is 2.18. The average Bonchev–Trinajstić information content (AvgIpc) is 2.81. The van der Waals surface area contributed by atoms with Gasteiger partial charge < -0.3 is 10.2 Å². The summed E-state index contributed by atoms with van der Waals surface area (Å²) in [5.74, 6) is -0.000648. The van der Waals surface area contributed by atoms with Crippen LogP contribution in [0, 0.1) is 0 Å². The molecule has 4 heteroatoms. The Labute approximate surface area is 100 Å². The maximum absolute atomic E-state index is 12.2. The molecule has 0 spiro atoms. The second-order valence-electron chi connectivity index (χ2n) is 4.04. The largest absolute Gasteiger partial charge is 0.337 e. The Morgan fingerprint density at radius 1 is 1.50 bits per heavy atom. The van der Waals surface area contributed by atoms with E-state index in [2.05, 4.69) is 5.32 Å². The molecule has 0 bridgehead atoms. The van der Waals surface area contributed by atoms with E-state index in [1.54, 1.807) is 17.0 Å². The molecule has 16 heavy (non-hydrogen) atoms. The van der Waals surface area contributed by atoms with Gasteiger partial charge >= 0.3 is 0 Å². The number of nitrogens with zero attached hydrogens (tertiary/aromatic N) is 1. The molecule has 0 aliphatic carbocycles. The first-order valence-electron chi connectivity index (χ1n) is 5.42. The van der Waals surface area contributed by atoms with Crippen LogP contribution in [0.3, 0.4) is 0 Å². The van der Waals surface area contributed by atoms with Gasteiger partial charge in [0.2, 0.25) is 0 Å². The van der Waals surface area contributed by atoms with Crippen molar-refractivity contribution in [3.05, 3.63) is 34.9 Å². The number of benzene rings is 1. The number of likely N-dealkylation sites (N-methyl/N-ethyl adjacent to an activating group) is 1. The zero-order valence-electron chi connectivity index (χ0n) is 9.24. The molecule has 86 valence electrons. The van der Waals surface area contributed by atoms with Gasteiger partial charge in [0.1, 0.15) is 0 Å². The highest BCUT2D eigenvalue weighted by Crippen LogP contribution is 2.18. The number of hydrogen-bond donors (Lipinski definition) is 1. The van der Waals surface area contributed by atoms with Gasteiger partial charge in [0, 0.05) is 19.6 Å². The Morgan fingerprint density at radius 3 is 2.88 bits per heavy atom. The van der Waals surface area contributed by atoms with Gasteiger partial charge in [0.05, 0.1) is 10.6 Å². The standard InChI is InChI=1S/C12H15ClN2O/c1-15(9-6-7-14-8-9)12(16)10-4-2-3-5-11(10)13/h2-5,9,14H,6-8H2,1H3/t9-/m1/s1. The van der Waals surface area contributed by atoms with Crippen LogP contribution in [-0.2, 0) is 0 Å². The quantitative estimate of drug-likeness (QED) is 0.852. The lowest BCUT2D eigenvalue weighted by molar-refractivity contribution is 0.0744. The van der Waals surface area contributed by atoms with Crippen molar-refractivity contribution in [2.45, 2.75) is 12.5 Å². The van der Waals surface area contributed by atoms with E-state index in [-0.39, 0.29) is 11.9 Å². The lowest BCUT2D eigenvalue weighted by Crippen LogP contribution is -2.38. The predicted octanol–water partition coefficient (Wildman–Crippen LogP) is 1.77. The van der Waals surface area contributed by atoms with E-state index >= 15 is 0 Å². The number of hydrogen-bond acceptors (Lipinski definition) is 2. The van der Waals surface area contributed by atoms with Gasteiger partial charge in [0.25, 0.3) is 5.91 Å². The molecule has 1 amide bonds. The van der Waals surface area contributed by atoms with Crippen LogP contribution >= 0.6 is 11.6 Å². The Balaban J connectivity index is 2.15. The summed E-state index contributed by atoms with van der Waals surface area (Å²) in [4.78, 5) is 13.9. The topological polar surface area (TPSA) is 32.3 Å². The number of amides is 1. The lowest BCUT2D eigenvalue weighted by Gasteiger charge is -2.24. The van der Waals surface area contributed by atoms with Gasteiger partial charge in [-0.2, -0.15) is 0 Å². The fourth-order valence-electron chi connectivity index (χ4n) is 1.96. The Hall–Kier alpha value is -1.06. The summed E-state index contributed by atoms with van der Waals surface area (Å²) in [5, 5.41) is 3.77. The molecule has 3 nitrogen and oxygen atoms in total. The smallest absolute Gasteiger partial charge is 0.255 e. The summed E-state index contributed by atoms with van der Waals surface area (Å²) >= 11 is 6.01. The number of nitrogens with one attached hydrogen (secondary N) is 1. The van der Waals surface area contributed by atoms with Crippen LogP contribution in [0.25, 0.3) is 0 Å². The molecular formula is C12H15ClN2O. The molecule has 0 radical (unpaired) electrons. The van der Waals surface area contributed by atoms with Crippen LogP contribution in [0.5, 0.6) is 0 Å². The van der Waals surface area contributed by atoms with Crippen molar-refractivity contribution < 1.29 is 4.79 Å². The summed E-state index contributed by atoms with van der Waals surface area (Å²) in [5.41, 5.74) is 0.582. The Kier molecular flexibility index (Phi) is 3.46. The van der Waals surface area contributed by atoms with Crippen molar-refractivity contribution >= 4 is 17.5 Å². The van der Waals surface area contributed by atoms with Gasteiger partial charge in [-0.3, -0.25) is 4.79 Å². The highest BCUT2D eigenvalue weighted by Gasteiger charge is 2.24. The lowest BCUT2D eigenvalue weighted by atomic mass is 10.1. The first kappa shape index (κ1) is 11.4. The van der Waals surface area contributed by atoms with Crippen LogP contribution in [0.1, 0.15) is 16.8 Å². The maximum Gasteiger partial charge on any atom is 0.255 e. The minimum atomic E-state index is -0.000648. The molecule has 2 rings (SSSR count). The summed E-state index contributed by atoms with van der Waals surface area (Å²) < 4.78 is 0. The van der Waals surface area contributed by atoms with E-state index in [4.69, 9.17) is 11.6 Å². The van der Waals surface area contributed by atoms with E-state index < -0.39 is 0 Å². The van der Waals surface area contributed by atoms with E-state index in [0.717, 1.165) is 19.5 Å². The van der Waals surface area contributed by atoms with Gasteiger partial charge in [-0.15, -0.1) is 0 Å². The molecule has 1 atom stereocenters. The summed E-state index contributed by atoms with van der Waals surface area (Å²) in [6.07, 6.45) is 1.01. The van der Waals surface area contributed by atoms with Crippen LogP contribution in [0.15, 0.2) is 24.3 Å². The van der Waals surface area contributed by atoms with Crippen LogP contribution in [-0.4, -0.2) is 37.0 Å². The van der Waals surface area contributed by atoms with Crippen LogP contribution in [0.4, 0.5) is 0 Å². The molecule has 1 aliphatic heterocycles. The highest BCUT2D eigenvalue weighted by atomic mass is 35.5. The molecule has 1 aromatic carbocycles. The molecular weight excluding hydrogens is 224 g/mol. The fraction of sp³-hybridized carbons (Fsp3) is 0.417. The summed E-state index contributed by atoms with van der Waals surface area (Å²) in [7, 11) is 1.84. The van der Waals surface area contributed by atoms with Gasteiger partial charge in [-0.05, 0) is 25.1 Å². The minimum absolute atomic E-state index is 0.000648. The molecule has 0 aromatic heterocycles. The molecule has 1 fully saturated rings. The van der Waals surface area contributed by atoms with E-state index in [1.807, 2.05) is 19.2 Å². The van der Waals surface area contributed by atoms with Crippen molar-refractivity contribution in [2.75, 3.05) is 20.1 Å². The molecule has 1 N–H and O–H groups in total. The second-order valence-corrected chi connectivity index (χ2v) is 4.45. The molecule has 0 saturated carbocycles. The number of rotatable bonds is 2. The van der Waals surface area contributed by atoms with Crippen molar-refractivity contribution in [3.63, 3.8) is 0 Å². The normalized spacial score (nSPS) is 19.8. The molecule has 0 unspecified atom stereocenters. The molecule has 1 aromatic rings. The van der Waals surface area contributed by atoms with Gasteiger partial charge in [0.15, 0.2) is 0 Å². The highest BCUT2D eigenvalue weighted by molar-refractivity contribution is 6.33.